The molecule has 1 heterocycles. The topological polar surface area (TPSA) is 38.3 Å². The lowest BCUT2D eigenvalue weighted by molar-refractivity contribution is -0.654. The second-order valence-electron chi connectivity index (χ2n) is 7.07. The minimum absolute atomic E-state index is 0.348. The lowest BCUT2D eigenvalue weighted by Gasteiger charge is -2.23. The highest BCUT2D eigenvalue weighted by Crippen LogP contribution is 2.21. The van der Waals surface area contributed by atoms with Crippen molar-refractivity contribution in [1.29, 1.82) is 0 Å². The Morgan fingerprint density at radius 1 is 1.25 bits per heavy atom. The van der Waals surface area contributed by atoms with Gasteiger partial charge in [-0.1, -0.05) is 38.3 Å². The summed E-state index contributed by atoms with van der Waals surface area (Å²) in [6, 6.07) is 8.43. The minimum Gasteiger partial charge on any atom is -0.387 e. The first-order valence-corrected chi connectivity index (χ1v) is 9.46. The van der Waals surface area contributed by atoms with E-state index in [9.17, 15) is 5.11 Å². The molecule has 0 saturated heterocycles. The number of aliphatic hydroxyl groups is 1. The van der Waals surface area contributed by atoms with Crippen LogP contribution in [0.25, 0.3) is 11.0 Å². The summed E-state index contributed by atoms with van der Waals surface area (Å²) < 4.78 is 10.5. The number of aryl methyl sites for hydroxylation is 1. The molecule has 1 aromatic heterocycles. The smallest absolute Gasteiger partial charge is 0.257 e. The van der Waals surface area contributed by atoms with Crippen LogP contribution in [0.4, 0.5) is 0 Å². The molecule has 1 atom stereocenters. The quantitative estimate of drug-likeness (QED) is 0.792. The number of hydrogen-bond donors (Lipinski definition) is 1. The predicted molar refractivity (Wildman–Crippen MR) is 95.9 cm³/mol. The Morgan fingerprint density at radius 2 is 2.00 bits per heavy atom. The second kappa shape index (κ2) is 8.13. The van der Waals surface area contributed by atoms with Crippen LogP contribution in [0.1, 0.15) is 51.3 Å². The van der Waals surface area contributed by atoms with Crippen LogP contribution < -0.4 is 4.57 Å². The van der Waals surface area contributed by atoms with Crippen LogP contribution in [0.5, 0.6) is 0 Å². The van der Waals surface area contributed by atoms with E-state index in [2.05, 4.69) is 47.4 Å². The van der Waals surface area contributed by atoms with E-state index in [0.29, 0.717) is 19.3 Å². The molecule has 1 aromatic carbocycles. The van der Waals surface area contributed by atoms with E-state index >= 15 is 0 Å². The van der Waals surface area contributed by atoms with Crippen molar-refractivity contribution in [3.8, 4) is 0 Å². The van der Waals surface area contributed by atoms with E-state index in [-0.39, 0.29) is 0 Å². The summed E-state index contributed by atoms with van der Waals surface area (Å²) in [6.45, 7) is 3.24. The maximum absolute atomic E-state index is 10.5. The van der Waals surface area contributed by atoms with Crippen LogP contribution in [-0.2, 0) is 24.8 Å². The van der Waals surface area contributed by atoms with Crippen molar-refractivity contribution >= 4 is 11.0 Å². The molecule has 24 heavy (non-hydrogen) atoms. The summed E-state index contributed by atoms with van der Waals surface area (Å²) in [6.07, 6.45) is 8.15. The molecule has 4 heteroatoms. The fraction of sp³-hybridized carbons (Fsp3) is 0.650. The zero-order valence-electron chi connectivity index (χ0n) is 15.1. The molecule has 1 aliphatic rings. The molecular formula is C20H31N2O2+. The first-order valence-electron chi connectivity index (χ1n) is 9.46. The highest BCUT2D eigenvalue weighted by atomic mass is 16.5. The summed E-state index contributed by atoms with van der Waals surface area (Å²) in [5.74, 6) is 1.27. The highest BCUT2D eigenvalue weighted by molar-refractivity contribution is 5.72. The third-order valence-electron chi connectivity index (χ3n) is 5.18. The number of ether oxygens (including phenoxy) is 1. The minimum atomic E-state index is -0.460. The van der Waals surface area contributed by atoms with Gasteiger partial charge in [0.1, 0.15) is 12.6 Å². The Balaban J connectivity index is 1.72. The first-order chi connectivity index (χ1) is 11.7. The molecule has 132 valence electrons. The molecule has 0 bridgehead atoms. The van der Waals surface area contributed by atoms with Gasteiger partial charge in [-0.05, 0) is 31.4 Å². The normalized spacial score (nSPS) is 17.5. The van der Waals surface area contributed by atoms with Crippen LogP contribution in [0, 0.1) is 0 Å². The second-order valence-corrected chi connectivity index (χ2v) is 7.07. The van der Waals surface area contributed by atoms with Gasteiger partial charge in [-0.25, -0.2) is 9.13 Å². The molecule has 0 radical (unpaired) electrons. The molecule has 4 nitrogen and oxygen atoms in total. The molecule has 1 fully saturated rings. The van der Waals surface area contributed by atoms with Crippen LogP contribution in [0.15, 0.2) is 24.3 Å². The van der Waals surface area contributed by atoms with Crippen LogP contribution in [0.3, 0.4) is 0 Å². The Bertz CT molecular complexity index is 659. The summed E-state index contributed by atoms with van der Waals surface area (Å²) >= 11 is 0. The van der Waals surface area contributed by atoms with Gasteiger partial charge in [0.05, 0.1) is 19.8 Å². The van der Waals surface area contributed by atoms with Gasteiger partial charge in [-0.3, -0.25) is 0 Å². The standard InChI is InChI=1S/C20H31N2O2/c1-3-9-20-21(2)18-12-7-8-13-19(18)22(20)14-16(23)15-24-17-10-5-4-6-11-17/h7-8,12-13,16-17,23H,3-6,9-11,14-15H2,1-2H3/q+1/t16-/m0/s1. The summed E-state index contributed by atoms with van der Waals surface area (Å²) in [7, 11) is 2.12. The fourth-order valence-electron chi connectivity index (χ4n) is 3.91. The predicted octanol–water partition coefficient (Wildman–Crippen LogP) is 3.13. The van der Waals surface area contributed by atoms with Crippen molar-refractivity contribution in [3.63, 3.8) is 0 Å². The Hall–Kier alpha value is -1.39. The van der Waals surface area contributed by atoms with Gasteiger partial charge in [-0.2, -0.15) is 0 Å². The van der Waals surface area contributed by atoms with Gasteiger partial charge in [-0.15, -0.1) is 0 Å². The monoisotopic (exact) mass is 331 g/mol. The van der Waals surface area contributed by atoms with E-state index in [4.69, 9.17) is 4.74 Å². The third-order valence-corrected chi connectivity index (χ3v) is 5.18. The summed E-state index contributed by atoms with van der Waals surface area (Å²) in [5.41, 5.74) is 2.42. The maximum Gasteiger partial charge on any atom is 0.257 e. The first kappa shape index (κ1) is 17.4. The average Bonchev–Trinajstić information content (AvgIpc) is 2.87. The Labute approximate surface area is 145 Å². The largest absolute Gasteiger partial charge is 0.387 e. The molecule has 3 rings (SSSR count). The lowest BCUT2D eigenvalue weighted by atomic mass is 9.98. The Kier molecular flexibility index (Phi) is 5.90. The zero-order chi connectivity index (χ0) is 16.9. The number of aromatic nitrogens is 2. The third kappa shape index (κ3) is 3.81. The Morgan fingerprint density at radius 3 is 2.75 bits per heavy atom. The SMILES string of the molecule is CCCc1n(C[C@H](O)COC2CCCCC2)c2ccccc2[n+]1C. The molecule has 0 unspecified atom stereocenters. The van der Waals surface area contributed by atoms with E-state index in [1.165, 1.54) is 36.1 Å². The van der Waals surface area contributed by atoms with Crippen molar-refractivity contribution < 1.29 is 14.4 Å². The van der Waals surface area contributed by atoms with Crippen molar-refractivity contribution in [2.24, 2.45) is 7.05 Å². The van der Waals surface area contributed by atoms with Gasteiger partial charge in [0, 0.05) is 6.42 Å². The van der Waals surface area contributed by atoms with Crippen molar-refractivity contribution in [2.75, 3.05) is 6.61 Å². The number of imidazole rings is 1. The molecule has 1 N–H and O–H groups in total. The number of benzene rings is 1. The van der Waals surface area contributed by atoms with Crippen LogP contribution in [0.2, 0.25) is 0 Å². The number of hydrogen-bond acceptors (Lipinski definition) is 2. The van der Waals surface area contributed by atoms with Gasteiger partial charge in [0.15, 0.2) is 11.0 Å². The highest BCUT2D eigenvalue weighted by Gasteiger charge is 2.24. The van der Waals surface area contributed by atoms with Crippen molar-refractivity contribution in [3.05, 3.63) is 30.1 Å². The number of rotatable bonds is 7. The van der Waals surface area contributed by atoms with Gasteiger partial charge >= 0.3 is 0 Å². The molecule has 2 aromatic rings. The molecule has 1 aliphatic carbocycles. The van der Waals surface area contributed by atoms with Crippen molar-refractivity contribution in [2.45, 2.75) is 70.6 Å². The van der Waals surface area contributed by atoms with Gasteiger partial charge in [0.25, 0.3) is 5.82 Å². The van der Waals surface area contributed by atoms with Crippen LogP contribution >= 0.6 is 0 Å². The van der Waals surface area contributed by atoms with E-state index in [1.54, 1.807) is 0 Å². The fourth-order valence-corrected chi connectivity index (χ4v) is 3.91. The molecule has 0 spiro atoms. The van der Waals surface area contributed by atoms with Crippen LogP contribution in [-0.4, -0.2) is 28.5 Å². The van der Waals surface area contributed by atoms with E-state index in [0.717, 1.165) is 25.7 Å². The number of aliphatic hydroxyl groups excluding tert-OH is 1. The van der Waals surface area contributed by atoms with E-state index in [1.807, 2.05) is 0 Å². The average molecular weight is 331 g/mol. The zero-order valence-corrected chi connectivity index (χ0v) is 15.1. The van der Waals surface area contributed by atoms with Crippen molar-refractivity contribution in [1.82, 2.24) is 4.57 Å². The number of para-hydroxylation sites is 2. The summed E-state index contributed by atoms with van der Waals surface area (Å²) in [4.78, 5) is 0. The van der Waals surface area contributed by atoms with Gasteiger partial charge < -0.3 is 9.84 Å². The number of nitrogens with zero attached hydrogens (tertiary/aromatic N) is 2. The maximum atomic E-state index is 10.5. The molecular weight excluding hydrogens is 300 g/mol. The van der Waals surface area contributed by atoms with E-state index < -0.39 is 6.10 Å². The lowest BCUT2D eigenvalue weighted by Crippen LogP contribution is -2.34. The number of fused-ring (bicyclic) bond motifs is 1. The summed E-state index contributed by atoms with van der Waals surface area (Å²) in [5, 5.41) is 10.5. The molecule has 0 aliphatic heterocycles. The molecule has 0 amide bonds. The van der Waals surface area contributed by atoms with Gasteiger partial charge in [0.2, 0.25) is 0 Å². The molecule has 1 saturated carbocycles.